The van der Waals surface area contributed by atoms with Crippen molar-refractivity contribution in [3.05, 3.63) is 71.1 Å². The second-order valence-electron chi connectivity index (χ2n) is 5.67. The molecule has 0 fully saturated rings. The van der Waals surface area contributed by atoms with E-state index in [0.29, 0.717) is 16.3 Å². The summed E-state index contributed by atoms with van der Waals surface area (Å²) in [6, 6.07) is 18.7. The molecule has 2 aromatic carbocycles. The molecule has 6 heteroatoms. The number of hydrogen-bond donors (Lipinski definition) is 2. The molecular weight excluding hydrogens is 348 g/mol. The maximum Gasteiger partial charge on any atom is 0.269 e. The van der Waals surface area contributed by atoms with Crippen LogP contribution in [-0.2, 0) is 11.2 Å². The van der Waals surface area contributed by atoms with Gasteiger partial charge in [-0.25, -0.2) is 0 Å². The summed E-state index contributed by atoms with van der Waals surface area (Å²) in [5.41, 5.74) is 7.65. The summed E-state index contributed by atoms with van der Waals surface area (Å²) in [6.07, 6.45) is 0.174. The van der Waals surface area contributed by atoms with Crippen LogP contribution >= 0.6 is 11.3 Å². The van der Waals surface area contributed by atoms with Gasteiger partial charge < -0.3 is 15.8 Å². The van der Waals surface area contributed by atoms with Crippen molar-refractivity contribution in [1.29, 1.82) is 0 Å². The average molecular weight is 366 g/mol. The molecule has 0 saturated heterocycles. The van der Waals surface area contributed by atoms with E-state index in [0.717, 1.165) is 16.0 Å². The van der Waals surface area contributed by atoms with Crippen LogP contribution in [0.4, 0.5) is 5.69 Å². The SMILES string of the molecule is COc1cc(-c2ccccc2)sc1C(=O)Nc1ccc(CC(N)=O)cc1. The molecule has 2 amide bonds. The summed E-state index contributed by atoms with van der Waals surface area (Å²) in [5, 5.41) is 2.85. The molecule has 3 N–H and O–H groups in total. The van der Waals surface area contributed by atoms with Crippen LogP contribution in [0, 0.1) is 0 Å². The van der Waals surface area contributed by atoms with Gasteiger partial charge in [0, 0.05) is 10.6 Å². The number of anilines is 1. The lowest BCUT2D eigenvalue weighted by molar-refractivity contribution is -0.117. The Balaban J connectivity index is 1.79. The Morgan fingerprint density at radius 2 is 1.77 bits per heavy atom. The highest BCUT2D eigenvalue weighted by atomic mass is 32.1. The molecule has 132 valence electrons. The first-order chi connectivity index (χ1) is 12.6. The fourth-order valence-electron chi connectivity index (χ4n) is 2.52. The number of ether oxygens (including phenoxy) is 1. The Morgan fingerprint density at radius 1 is 1.08 bits per heavy atom. The summed E-state index contributed by atoms with van der Waals surface area (Å²) in [6.45, 7) is 0. The maximum absolute atomic E-state index is 12.6. The molecule has 26 heavy (non-hydrogen) atoms. The Hall–Kier alpha value is -3.12. The molecule has 0 radical (unpaired) electrons. The monoisotopic (exact) mass is 366 g/mol. The zero-order chi connectivity index (χ0) is 18.5. The van der Waals surface area contributed by atoms with Crippen LogP contribution in [0.3, 0.4) is 0 Å². The number of nitrogens with one attached hydrogen (secondary N) is 1. The number of nitrogens with two attached hydrogens (primary N) is 1. The minimum Gasteiger partial charge on any atom is -0.495 e. The van der Waals surface area contributed by atoms with Crippen LogP contribution in [0.15, 0.2) is 60.7 Å². The molecule has 0 bridgehead atoms. The van der Waals surface area contributed by atoms with Crippen molar-refractivity contribution in [2.75, 3.05) is 12.4 Å². The third kappa shape index (κ3) is 4.10. The molecule has 0 spiro atoms. The standard InChI is InChI=1S/C20H18N2O3S/c1-25-16-12-17(14-5-3-2-4-6-14)26-19(16)20(24)22-15-9-7-13(8-10-15)11-18(21)23/h2-10,12H,11H2,1H3,(H2,21,23)(H,22,24). The minimum absolute atomic E-state index is 0.174. The fraction of sp³-hybridized carbons (Fsp3) is 0.100. The Morgan fingerprint density at radius 3 is 2.38 bits per heavy atom. The number of methoxy groups -OCH3 is 1. The van der Waals surface area contributed by atoms with Gasteiger partial charge in [-0.05, 0) is 29.3 Å². The number of primary amides is 1. The highest BCUT2D eigenvalue weighted by Crippen LogP contribution is 2.36. The first-order valence-electron chi connectivity index (χ1n) is 7.98. The van der Waals surface area contributed by atoms with Gasteiger partial charge >= 0.3 is 0 Å². The van der Waals surface area contributed by atoms with Crippen molar-refractivity contribution >= 4 is 28.8 Å². The van der Waals surface area contributed by atoms with Crippen LogP contribution in [0.5, 0.6) is 5.75 Å². The van der Waals surface area contributed by atoms with E-state index in [1.165, 1.54) is 11.3 Å². The van der Waals surface area contributed by atoms with Crippen LogP contribution in [0.1, 0.15) is 15.2 Å². The molecule has 0 unspecified atom stereocenters. The van der Waals surface area contributed by atoms with Gasteiger partial charge in [-0.2, -0.15) is 0 Å². The van der Waals surface area contributed by atoms with E-state index in [1.54, 1.807) is 31.4 Å². The van der Waals surface area contributed by atoms with E-state index in [1.807, 2.05) is 36.4 Å². The lowest BCUT2D eigenvalue weighted by atomic mass is 10.1. The van der Waals surface area contributed by atoms with Gasteiger partial charge in [0.1, 0.15) is 10.6 Å². The van der Waals surface area contributed by atoms with Gasteiger partial charge in [0.2, 0.25) is 5.91 Å². The molecule has 0 atom stereocenters. The van der Waals surface area contributed by atoms with Crippen LogP contribution in [-0.4, -0.2) is 18.9 Å². The van der Waals surface area contributed by atoms with E-state index in [2.05, 4.69) is 5.32 Å². The van der Waals surface area contributed by atoms with Crippen molar-refractivity contribution in [3.63, 3.8) is 0 Å². The molecule has 5 nitrogen and oxygen atoms in total. The first-order valence-corrected chi connectivity index (χ1v) is 8.80. The zero-order valence-electron chi connectivity index (χ0n) is 14.2. The second-order valence-corrected chi connectivity index (χ2v) is 6.72. The summed E-state index contributed by atoms with van der Waals surface area (Å²) in [4.78, 5) is 25.1. The molecule has 0 aliphatic carbocycles. The number of thiophene rings is 1. The third-order valence-electron chi connectivity index (χ3n) is 3.77. The first kappa shape index (κ1) is 17.7. The molecule has 0 saturated carbocycles. The smallest absolute Gasteiger partial charge is 0.269 e. The number of carbonyl (C=O) groups is 2. The number of rotatable bonds is 6. The van der Waals surface area contributed by atoms with Gasteiger partial charge in [0.05, 0.1) is 13.5 Å². The van der Waals surface area contributed by atoms with Gasteiger partial charge in [-0.1, -0.05) is 42.5 Å². The lowest BCUT2D eigenvalue weighted by Crippen LogP contribution is -2.14. The number of hydrogen-bond acceptors (Lipinski definition) is 4. The fourth-order valence-corrected chi connectivity index (χ4v) is 3.55. The molecule has 0 aliphatic heterocycles. The lowest BCUT2D eigenvalue weighted by Gasteiger charge is -2.06. The quantitative estimate of drug-likeness (QED) is 0.698. The van der Waals surface area contributed by atoms with Gasteiger partial charge in [-0.15, -0.1) is 11.3 Å². The Kier molecular flexibility index (Phi) is 5.34. The predicted octanol–water partition coefficient (Wildman–Crippen LogP) is 3.70. The third-order valence-corrected chi connectivity index (χ3v) is 4.94. The second kappa shape index (κ2) is 7.84. The summed E-state index contributed by atoms with van der Waals surface area (Å²) >= 11 is 1.38. The molecule has 3 aromatic rings. The zero-order valence-corrected chi connectivity index (χ0v) is 15.0. The van der Waals surface area contributed by atoms with Gasteiger partial charge in [0.15, 0.2) is 0 Å². The van der Waals surface area contributed by atoms with Crippen LogP contribution < -0.4 is 15.8 Å². The van der Waals surface area contributed by atoms with Crippen molar-refractivity contribution < 1.29 is 14.3 Å². The largest absolute Gasteiger partial charge is 0.495 e. The van der Waals surface area contributed by atoms with E-state index in [-0.39, 0.29) is 12.3 Å². The average Bonchev–Trinajstić information content (AvgIpc) is 3.08. The predicted molar refractivity (Wildman–Crippen MR) is 104 cm³/mol. The molecule has 1 heterocycles. The topological polar surface area (TPSA) is 81.4 Å². The van der Waals surface area contributed by atoms with Crippen molar-refractivity contribution in [3.8, 4) is 16.2 Å². The van der Waals surface area contributed by atoms with Gasteiger partial charge in [-0.3, -0.25) is 9.59 Å². The summed E-state index contributed by atoms with van der Waals surface area (Å²) in [5.74, 6) is -0.0908. The summed E-state index contributed by atoms with van der Waals surface area (Å²) in [7, 11) is 1.55. The highest BCUT2D eigenvalue weighted by molar-refractivity contribution is 7.17. The Bertz CT molecular complexity index is 918. The van der Waals surface area contributed by atoms with Crippen LogP contribution in [0.25, 0.3) is 10.4 Å². The van der Waals surface area contributed by atoms with Crippen molar-refractivity contribution in [1.82, 2.24) is 0 Å². The normalized spacial score (nSPS) is 10.3. The molecule has 3 rings (SSSR count). The van der Waals surface area contributed by atoms with Crippen LogP contribution in [0.2, 0.25) is 0 Å². The van der Waals surface area contributed by atoms with Crippen molar-refractivity contribution in [2.45, 2.75) is 6.42 Å². The number of carbonyl (C=O) groups excluding carboxylic acids is 2. The van der Waals surface area contributed by atoms with E-state index >= 15 is 0 Å². The maximum atomic E-state index is 12.6. The van der Waals surface area contributed by atoms with Crippen molar-refractivity contribution in [2.24, 2.45) is 5.73 Å². The molecule has 1 aromatic heterocycles. The molecular formula is C20H18N2O3S. The highest BCUT2D eigenvalue weighted by Gasteiger charge is 2.18. The van der Waals surface area contributed by atoms with E-state index in [9.17, 15) is 9.59 Å². The number of amides is 2. The number of benzene rings is 2. The summed E-state index contributed by atoms with van der Waals surface area (Å²) < 4.78 is 5.37. The van der Waals surface area contributed by atoms with E-state index in [4.69, 9.17) is 10.5 Å². The van der Waals surface area contributed by atoms with E-state index < -0.39 is 5.91 Å². The van der Waals surface area contributed by atoms with Gasteiger partial charge in [0.25, 0.3) is 5.91 Å². The molecule has 0 aliphatic rings. The Labute approximate surface area is 155 Å². The minimum atomic E-state index is -0.390.